The van der Waals surface area contributed by atoms with Gasteiger partial charge in [0.1, 0.15) is 4.70 Å². The molecule has 2 heterocycles. The van der Waals surface area contributed by atoms with Crippen molar-refractivity contribution >= 4 is 32.3 Å². The van der Waals surface area contributed by atoms with E-state index in [1.807, 2.05) is 5.38 Å². The Bertz CT molecular complexity index is 1270. The monoisotopic (exact) mass is 432 g/mol. The Hall–Kier alpha value is -2.43. The van der Waals surface area contributed by atoms with Crippen LogP contribution in [0.1, 0.15) is 49.8 Å². The SMILES string of the molecule is CCc1cc(C)c2[nH]c(=O)c3sccc3c2c1-c1ccc(C(CC)CN(C)CC)cc1. The van der Waals surface area contributed by atoms with Crippen LogP contribution in [0.15, 0.2) is 46.6 Å². The molecule has 162 valence electrons. The number of benzene rings is 2. The first-order chi connectivity index (χ1) is 15.0. The first kappa shape index (κ1) is 21.8. The topological polar surface area (TPSA) is 36.1 Å². The third-order valence-electron chi connectivity index (χ3n) is 6.60. The quantitative estimate of drug-likeness (QED) is 0.352. The van der Waals surface area contributed by atoms with E-state index in [4.69, 9.17) is 0 Å². The highest BCUT2D eigenvalue weighted by Gasteiger charge is 2.18. The molecule has 0 bridgehead atoms. The summed E-state index contributed by atoms with van der Waals surface area (Å²) in [6.45, 7) is 10.9. The molecule has 4 heteroatoms. The van der Waals surface area contributed by atoms with Crippen molar-refractivity contribution < 1.29 is 0 Å². The minimum absolute atomic E-state index is 0.0111. The molecule has 4 rings (SSSR count). The van der Waals surface area contributed by atoms with Crippen LogP contribution >= 0.6 is 11.3 Å². The molecule has 3 nitrogen and oxygen atoms in total. The van der Waals surface area contributed by atoms with Crippen LogP contribution in [0.4, 0.5) is 0 Å². The van der Waals surface area contributed by atoms with E-state index in [9.17, 15) is 4.79 Å². The number of aryl methyl sites for hydroxylation is 2. The van der Waals surface area contributed by atoms with Gasteiger partial charge in [-0.05, 0) is 78.5 Å². The molecule has 1 atom stereocenters. The zero-order valence-corrected chi connectivity index (χ0v) is 20.0. The van der Waals surface area contributed by atoms with Crippen molar-refractivity contribution in [3.63, 3.8) is 0 Å². The van der Waals surface area contributed by atoms with E-state index in [-0.39, 0.29) is 5.56 Å². The molecule has 0 aliphatic carbocycles. The average molecular weight is 433 g/mol. The van der Waals surface area contributed by atoms with Crippen LogP contribution in [0, 0.1) is 6.92 Å². The summed E-state index contributed by atoms with van der Waals surface area (Å²) in [4.78, 5) is 18.2. The second-order valence-electron chi connectivity index (χ2n) is 8.53. The number of likely N-dealkylation sites (N-methyl/N-ethyl adjacent to an activating group) is 1. The molecule has 31 heavy (non-hydrogen) atoms. The number of nitrogens with zero attached hydrogens (tertiary/aromatic N) is 1. The molecule has 0 radical (unpaired) electrons. The van der Waals surface area contributed by atoms with Crippen LogP contribution in [-0.4, -0.2) is 30.0 Å². The molecule has 2 aromatic carbocycles. The highest BCUT2D eigenvalue weighted by atomic mass is 32.1. The minimum Gasteiger partial charge on any atom is -0.320 e. The zero-order chi connectivity index (χ0) is 22.1. The molecule has 0 amide bonds. The largest absolute Gasteiger partial charge is 0.320 e. The van der Waals surface area contributed by atoms with Gasteiger partial charge in [-0.1, -0.05) is 51.1 Å². The number of rotatable bonds is 7. The Labute approximate surface area is 188 Å². The van der Waals surface area contributed by atoms with Crippen molar-refractivity contribution in [2.24, 2.45) is 0 Å². The van der Waals surface area contributed by atoms with Gasteiger partial charge in [0.25, 0.3) is 5.56 Å². The number of hydrogen-bond donors (Lipinski definition) is 1. The number of fused-ring (bicyclic) bond motifs is 3. The fourth-order valence-electron chi connectivity index (χ4n) is 4.68. The van der Waals surface area contributed by atoms with Crippen LogP contribution < -0.4 is 5.56 Å². The van der Waals surface area contributed by atoms with Crippen LogP contribution in [0.2, 0.25) is 0 Å². The molecule has 0 aliphatic heterocycles. The number of aromatic nitrogens is 1. The molecule has 1 N–H and O–H groups in total. The third kappa shape index (κ3) is 3.95. The van der Waals surface area contributed by atoms with E-state index in [0.29, 0.717) is 5.92 Å². The molecule has 0 aliphatic rings. The van der Waals surface area contributed by atoms with Crippen LogP contribution in [0.3, 0.4) is 0 Å². The molecule has 0 saturated carbocycles. The van der Waals surface area contributed by atoms with E-state index in [0.717, 1.165) is 47.1 Å². The van der Waals surface area contributed by atoms with Crippen molar-refractivity contribution in [2.45, 2.75) is 46.5 Å². The highest BCUT2D eigenvalue weighted by molar-refractivity contribution is 7.17. The van der Waals surface area contributed by atoms with Crippen LogP contribution in [0.25, 0.3) is 32.1 Å². The predicted molar refractivity (Wildman–Crippen MR) is 136 cm³/mol. The van der Waals surface area contributed by atoms with Gasteiger partial charge >= 0.3 is 0 Å². The highest BCUT2D eigenvalue weighted by Crippen LogP contribution is 2.38. The zero-order valence-electron chi connectivity index (χ0n) is 19.2. The van der Waals surface area contributed by atoms with Gasteiger partial charge in [0.15, 0.2) is 0 Å². The van der Waals surface area contributed by atoms with E-state index < -0.39 is 0 Å². The second-order valence-corrected chi connectivity index (χ2v) is 9.45. The molecular formula is C27H32N2OS. The minimum atomic E-state index is 0.0111. The van der Waals surface area contributed by atoms with Crippen molar-refractivity contribution in [1.82, 2.24) is 9.88 Å². The first-order valence-corrected chi connectivity index (χ1v) is 12.2. The summed E-state index contributed by atoms with van der Waals surface area (Å²) in [5.74, 6) is 0.541. The van der Waals surface area contributed by atoms with Gasteiger partial charge in [-0.2, -0.15) is 0 Å². The Morgan fingerprint density at radius 2 is 1.84 bits per heavy atom. The molecule has 1 unspecified atom stereocenters. The van der Waals surface area contributed by atoms with Crippen molar-refractivity contribution in [2.75, 3.05) is 20.1 Å². The smallest absolute Gasteiger partial charge is 0.266 e. The molecule has 0 fully saturated rings. The standard InChI is InChI=1S/C27H32N2OS/c1-6-18-15-17(4)25-24(22-13-14-31-26(22)27(30)28-25)23(18)21-11-9-20(10-12-21)19(7-2)16-29(5)8-3/h9-15,19H,6-8,16H2,1-5H3,(H,28,30). The van der Waals surface area contributed by atoms with E-state index >= 15 is 0 Å². The third-order valence-corrected chi connectivity index (χ3v) is 7.52. The summed E-state index contributed by atoms with van der Waals surface area (Å²) >= 11 is 1.52. The normalized spacial score (nSPS) is 12.8. The van der Waals surface area contributed by atoms with Crippen molar-refractivity contribution in [3.8, 4) is 11.1 Å². The van der Waals surface area contributed by atoms with Gasteiger partial charge in [-0.15, -0.1) is 11.3 Å². The number of nitrogens with one attached hydrogen (secondary N) is 1. The molecule has 4 aromatic rings. The van der Waals surface area contributed by atoms with Gasteiger partial charge in [-0.25, -0.2) is 0 Å². The number of pyridine rings is 1. The summed E-state index contributed by atoms with van der Waals surface area (Å²) in [5.41, 5.74) is 7.31. The van der Waals surface area contributed by atoms with E-state index in [1.165, 1.54) is 39.0 Å². The van der Waals surface area contributed by atoms with E-state index in [1.54, 1.807) is 0 Å². The molecule has 2 aromatic heterocycles. The van der Waals surface area contributed by atoms with Crippen molar-refractivity contribution in [3.05, 3.63) is 68.8 Å². The predicted octanol–water partition coefficient (Wildman–Crippen LogP) is 6.73. The lowest BCUT2D eigenvalue weighted by molar-refractivity contribution is 0.323. The van der Waals surface area contributed by atoms with E-state index in [2.05, 4.69) is 81.0 Å². The lowest BCUT2D eigenvalue weighted by Crippen LogP contribution is -2.24. The Kier molecular flexibility index (Phi) is 6.31. The fraction of sp³-hybridized carbons (Fsp3) is 0.370. The summed E-state index contributed by atoms with van der Waals surface area (Å²) in [6, 6.07) is 13.5. The number of thiophene rings is 1. The summed E-state index contributed by atoms with van der Waals surface area (Å²) in [7, 11) is 2.19. The van der Waals surface area contributed by atoms with Gasteiger partial charge in [-0.3, -0.25) is 4.79 Å². The lowest BCUT2D eigenvalue weighted by atomic mass is 9.88. The van der Waals surface area contributed by atoms with Crippen LogP contribution in [0.5, 0.6) is 0 Å². The fourth-order valence-corrected chi connectivity index (χ4v) is 5.47. The van der Waals surface area contributed by atoms with Crippen LogP contribution in [-0.2, 0) is 6.42 Å². The van der Waals surface area contributed by atoms with Gasteiger partial charge in [0, 0.05) is 17.3 Å². The number of hydrogen-bond acceptors (Lipinski definition) is 3. The lowest BCUT2D eigenvalue weighted by Gasteiger charge is -2.23. The van der Waals surface area contributed by atoms with Gasteiger partial charge < -0.3 is 9.88 Å². The first-order valence-electron chi connectivity index (χ1n) is 11.3. The summed E-state index contributed by atoms with van der Waals surface area (Å²) in [5, 5.41) is 4.27. The Morgan fingerprint density at radius 3 is 2.48 bits per heavy atom. The van der Waals surface area contributed by atoms with Crippen molar-refractivity contribution in [1.29, 1.82) is 0 Å². The van der Waals surface area contributed by atoms with Gasteiger partial charge in [0.2, 0.25) is 0 Å². The second kappa shape index (κ2) is 8.97. The molecule has 0 saturated heterocycles. The maximum atomic E-state index is 12.6. The average Bonchev–Trinajstić information content (AvgIpc) is 3.28. The summed E-state index contributed by atoms with van der Waals surface area (Å²) < 4.78 is 0.812. The molecular weight excluding hydrogens is 400 g/mol. The number of H-pyrrole nitrogens is 1. The van der Waals surface area contributed by atoms with Gasteiger partial charge in [0.05, 0.1) is 5.52 Å². The Morgan fingerprint density at radius 1 is 1.10 bits per heavy atom. The Balaban J connectivity index is 1.90. The molecule has 0 spiro atoms. The number of aromatic amines is 1. The summed E-state index contributed by atoms with van der Waals surface area (Å²) in [6.07, 6.45) is 2.09. The maximum Gasteiger partial charge on any atom is 0.266 e. The maximum absolute atomic E-state index is 12.6.